The standard InChI is InChI=1S/C23H20ClN7O3/c1-13-26-21(34-30-13)16-5-3-4-6-18(16)28-20-17(24)12-25-22(29-20)27-15-7-8-19-14(11-15)9-10-33-23(32)31(19)2/h3-8,11-12H,9-10H2,1-2H3,(H2,25,27,28,29). The minimum absolute atomic E-state index is 0.324. The largest absolute Gasteiger partial charge is 0.449 e. The molecule has 2 aromatic carbocycles. The zero-order valence-corrected chi connectivity index (χ0v) is 19.1. The number of halogens is 1. The first-order valence-corrected chi connectivity index (χ1v) is 10.9. The number of carbonyl (C=O) groups excluding carboxylic acids is 1. The van der Waals surface area contributed by atoms with E-state index in [1.807, 2.05) is 42.5 Å². The Labute approximate surface area is 199 Å². The number of nitrogens with zero attached hydrogens (tertiary/aromatic N) is 5. The van der Waals surface area contributed by atoms with Crippen molar-refractivity contribution in [3.05, 3.63) is 65.1 Å². The van der Waals surface area contributed by atoms with E-state index < -0.39 is 0 Å². The highest BCUT2D eigenvalue weighted by Crippen LogP contribution is 2.32. The van der Waals surface area contributed by atoms with Gasteiger partial charge in [0.1, 0.15) is 5.02 Å². The average molecular weight is 478 g/mol. The predicted octanol–water partition coefficient (Wildman–Crippen LogP) is 5.10. The molecule has 1 aliphatic heterocycles. The minimum Gasteiger partial charge on any atom is -0.449 e. The van der Waals surface area contributed by atoms with Crippen LogP contribution in [0.1, 0.15) is 11.4 Å². The number of hydrogen-bond acceptors (Lipinski definition) is 9. The van der Waals surface area contributed by atoms with Crippen LogP contribution in [0.15, 0.2) is 53.2 Å². The molecule has 5 rings (SSSR count). The lowest BCUT2D eigenvalue weighted by Gasteiger charge is -2.17. The zero-order chi connectivity index (χ0) is 23.7. The molecular formula is C23H20ClN7O3. The van der Waals surface area contributed by atoms with Crippen LogP contribution in [0.25, 0.3) is 11.5 Å². The maximum atomic E-state index is 11.9. The molecule has 1 amide bonds. The van der Waals surface area contributed by atoms with Gasteiger partial charge in [0, 0.05) is 19.2 Å². The van der Waals surface area contributed by atoms with Crippen molar-refractivity contribution in [3.63, 3.8) is 0 Å². The molecule has 0 spiro atoms. The van der Waals surface area contributed by atoms with Gasteiger partial charge in [-0.05, 0) is 42.8 Å². The van der Waals surface area contributed by atoms with Crippen molar-refractivity contribution >= 4 is 46.5 Å². The van der Waals surface area contributed by atoms with Crippen molar-refractivity contribution in [1.82, 2.24) is 20.1 Å². The summed E-state index contributed by atoms with van der Waals surface area (Å²) in [6.07, 6.45) is 1.76. The van der Waals surface area contributed by atoms with E-state index in [9.17, 15) is 4.79 Å². The molecule has 10 nitrogen and oxygen atoms in total. The molecule has 0 saturated carbocycles. The molecule has 0 unspecified atom stereocenters. The molecule has 3 heterocycles. The van der Waals surface area contributed by atoms with Crippen LogP contribution in [0.5, 0.6) is 0 Å². The van der Waals surface area contributed by atoms with Crippen LogP contribution in [0.3, 0.4) is 0 Å². The zero-order valence-electron chi connectivity index (χ0n) is 18.4. The fraction of sp³-hybridized carbons (Fsp3) is 0.174. The topological polar surface area (TPSA) is 118 Å². The van der Waals surface area contributed by atoms with E-state index in [4.69, 9.17) is 20.9 Å². The van der Waals surface area contributed by atoms with E-state index in [2.05, 4.69) is 30.7 Å². The molecule has 0 radical (unpaired) electrons. The summed E-state index contributed by atoms with van der Waals surface area (Å²) in [5.41, 5.74) is 3.99. The van der Waals surface area contributed by atoms with Gasteiger partial charge < -0.3 is 19.9 Å². The third-order valence-electron chi connectivity index (χ3n) is 5.25. The highest BCUT2D eigenvalue weighted by atomic mass is 35.5. The van der Waals surface area contributed by atoms with Crippen molar-refractivity contribution in [2.75, 3.05) is 29.2 Å². The van der Waals surface area contributed by atoms with Gasteiger partial charge >= 0.3 is 6.09 Å². The number of fused-ring (bicyclic) bond motifs is 1. The summed E-state index contributed by atoms with van der Waals surface area (Å²) in [4.78, 5) is 26.6. The normalized spacial score (nSPS) is 13.1. The van der Waals surface area contributed by atoms with Crippen LogP contribution < -0.4 is 15.5 Å². The Morgan fingerprint density at radius 3 is 2.79 bits per heavy atom. The second-order valence-corrected chi connectivity index (χ2v) is 8.01. The lowest BCUT2D eigenvalue weighted by atomic mass is 10.1. The highest BCUT2D eigenvalue weighted by Gasteiger charge is 2.20. The first kappa shape index (κ1) is 21.7. The maximum Gasteiger partial charge on any atom is 0.414 e. The summed E-state index contributed by atoms with van der Waals surface area (Å²) < 4.78 is 10.5. The molecule has 11 heteroatoms. The summed E-state index contributed by atoms with van der Waals surface area (Å²) in [5.74, 6) is 1.70. The van der Waals surface area contributed by atoms with Gasteiger partial charge in [-0.3, -0.25) is 4.90 Å². The molecule has 0 saturated heterocycles. The molecule has 0 fully saturated rings. The van der Waals surface area contributed by atoms with E-state index in [-0.39, 0.29) is 6.09 Å². The number of aryl methyl sites for hydroxylation is 1. The number of aromatic nitrogens is 4. The Balaban J connectivity index is 1.41. The molecule has 4 aromatic rings. The Kier molecular flexibility index (Phi) is 5.72. The summed E-state index contributed by atoms with van der Waals surface area (Å²) in [5, 5.41) is 10.6. The van der Waals surface area contributed by atoms with Gasteiger partial charge in [0.05, 0.1) is 29.7 Å². The number of anilines is 5. The molecule has 0 atom stereocenters. The first-order chi connectivity index (χ1) is 16.5. The van der Waals surface area contributed by atoms with Gasteiger partial charge in [-0.2, -0.15) is 9.97 Å². The fourth-order valence-corrected chi connectivity index (χ4v) is 3.73. The average Bonchev–Trinajstić information content (AvgIpc) is 3.21. The molecule has 0 aliphatic carbocycles. The van der Waals surface area contributed by atoms with Crippen molar-refractivity contribution in [1.29, 1.82) is 0 Å². The van der Waals surface area contributed by atoms with E-state index in [1.165, 1.54) is 11.1 Å². The second-order valence-electron chi connectivity index (χ2n) is 7.60. The number of rotatable bonds is 5. The monoisotopic (exact) mass is 477 g/mol. The van der Waals surface area contributed by atoms with Crippen LogP contribution in [0, 0.1) is 6.92 Å². The van der Waals surface area contributed by atoms with E-state index in [0.717, 1.165) is 22.5 Å². The summed E-state index contributed by atoms with van der Waals surface area (Å²) in [6.45, 7) is 2.08. The molecule has 2 N–H and O–H groups in total. The van der Waals surface area contributed by atoms with Crippen LogP contribution in [-0.2, 0) is 11.2 Å². The van der Waals surface area contributed by atoms with Crippen molar-refractivity contribution in [2.45, 2.75) is 13.3 Å². The van der Waals surface area contributed by atoms with E-state index >= 15 is 0 Å². The minimum atomic E-state index is -0.368. The summed E-state index contributed by atoms with van der Waals surface area (Å²) >= 11 is 6.38. The third-order valence-corrected chi connectivity index (χ3v) is 5.53. The van der Waals surface area contributed by atoms with Gasteiger partial charge in [0.15, 0.2) is 11.6 Å². The SMILES string of the molecule is Cc1noc(-c2ccccc2Nc2nc(Nc3ccc4c(c3)CCOC(=O)N4C)ncc2Cl)n1. The number of carbonyl (C=O) groups is 1. The van der Waals surface area contributed by atoms with Gasteiger partial charge in [0.25, 0.3) is 5.89 Å². The van der Waals surface area contributed by atoms with Crippen molar-refractivity contribution in [3.8, 4) is 11.5 Å². The molecule has 0 bridgehead atoms. The molecule has 34 heavy (non-hydrogen) atoms. The molecular weight excluding hydrogens is 458 g/mol. The highest BCUT2D eigenvalue weighted by molar-refractivity contribution is 6.33. The van der Waals surface area contributed by atoms with E-state index in [1.54, 1.807) is 14.0 Å². The second kappa shape index (κ2) is 8.99. The van der Waals surface area contributed by atoms with Crippen LogP contribution in [-0.4, -0.2) is 39.9 Å². The number of amides is 1. The predicted molar refractivity (Wildman–Crippen MR) is 128 cm³/mol. The quantitative estimate of drug-likeness (QED) is 0.404. The van der Waals surface area contributed by atoms with Crippen molar-refractivity contribution < 1.29 is 14.1 Å². The van der Waals surface area contributed by atoms with Gasteiger partial charge in [0.2, 0.25) is 5.95 Å². The maximum absolute atomic E-state index is 11.9. The fourth-order valence-electron chi connectivity index (χ4n) is 3.59. The third kappa shape index (κ3) is 4.35. The Hall–Kier alpha value is -4.18. The van der Waals surface area contributed by atoms with Gasteiger partial charge in [-0.25, -0.2) is 9.78 Å². The summed E-state index contributed by atoms with van der Waals surface area (Å²) in [6, 6.07) is 13.2. The van der Waals surface area contributed by atoms with Gasteiger partial charge in [-0.1, -0.05) is 28.9 Å². The summed E-state index contributed by atoms with van der Waals surface area (Å²) in [7, 11) is 1.69. The Morgan fingerprint density at radius 1 is 1.12 bits per heavy atom. The molecule has 2 aromatic heterocycles. The molecule has 1 aliphatic rings. The number of cyclic esters (lactones) is 1. The number of nitrogens with one attached hydrogen (secondary N) is 2. The number of hydrogen-bond donors (Lipinski definition) is 2. The number of para-hydroxylation sites is 1. The Morgan fingerprint density at radius 2 is 1.97 bits per heavy atom. The lowest BCUT2D eigenvalue weighted by molar-refractivity contribution is 0.159. The van der Waals surface area contributed by atoms with Crippen LogP contribution in [0.2, 0.25) is 5.02 Å². The molecule has 172 valence electrons. The van der Waals surface area contributed by atoms with Crippen molar-refractivity contribution in [2.24, 2.45) is 0 Å². The number of benzene rings is 2. The number of ether oxygens (including phenoxy) is 1. The Bertz CT molecular complexity index is 1370. The first-order valence-electron chi connectivity index (χ1n) is 10.5. The smallest absolute Gasteiger partial charge is 0.414 e. The van der Waals surface area contributed by atoms with E-state index in [0.29, 0.717) is 47.2 Å². The lowest BCUT2D eigenvalue weighted by Crippen LogP contribution is -2.25. The van der Waals surface area contributed by atoms with Gasteiger partial charge in [-0.15, -0.1) is 0 Å². The van der Waals surface area contributed by atoms with Crippen LogP contribution >= 0.6 is 11.6 Å². The van der Waals surface area contributed by atoms with Crippen LogP contribution in [0.4, 0.5) is 33.6 Å².